The first kappa shape index (κ1) is 19.6. The number of aliphatic hydroxyl groups is 1. The van der Waals surface area contributed by atoms with E-state index in [-0.39, 0.29) is 18.5 Å². The van der Waals surface area contributed by atoms with Crippen molar-refractivity contribution in [3.8, 4) is 0 Å². The van der Waals surface area contributed by atoms with E-state index in [4.69, 9.17) is 19.9 Å². The largest absolute Gasteiger partial charge is 0.508 e. The summed E-state index contributed by atoms with van der Waals surface area (Å²) in [5.41, 5.74) is 6.28. The Hall–Kier alpha value is -1.73. The van der Waals surface area contributed by atoms with Gasteiger partial charge in [-0.05, 0) is 48.3 Å². The number of fused-ring (bicyclic) bond motifs is 1. The number of carbonyl (C=O) groups excluding carboxylic acids is 1. The highest BCUT2D eigenvalue weighted by atomic mass is 127. The number of anilines is 1. The minimum atomic E-state index is -1.73. The molecule has 0 amide bonds. The maximum atomic E-state index is 14.8. The third-order valence-corrected chi connectivity index (χ3v) is 5.91. The van der Waals surface area contributed by atoms with Crippen molar-refractivity contribution in [2.24, 2.45) is 0 Å². The number of nitrogens with zero attached hydrogens (tertiary/aromatic N) is 3. The van der Waals surface area contributed by atoms with Crippen LogP contribution in [-0.2, 0) is 14.2 Å². The van der Waals surface area contributed by atoms with E-state index in [0.29, 0.717) is 11.0 Å². The number of ether oxygens (including phenoxy) is 3. The van der Waals surface area contributed by atoms with Gasteiger partial charge in [-0.3, -0.25) is 0 Å². The third kappa shape index (κ3) is 3.62. The molecule has 2 fully saturated rings. The van der Waals surface area contributed by atoms with E-state index >= 15 is 0 Å². The normalized spacial score (nSPS) is 28.1. The average molecular weight is 506 g/mol. The molecule has 0 radical (unpaired) electrons. The van der Waals surface area contributed by atoms with Gasteiger partial charge >= 0.3 is 6.16 Å². The fourth-order valence-corrected chi connectivity index (χ4v) is 4.47. The molecule has 0 aromatic carbocycles. The van der Waals surface area contributed by atoms with Crippen LogP contribution in [0, 0.1) is 3.57 Å². The molecule has 0 spiro atoms. The number of alkyl halides is 1. The van der Waals surface area contributed by atoms with Gasteiger partial charge in [-0.1, -0.05) is 0 Å². The van der Waals surface area contributed by atoms with Crippen LogP contribution in [0.25, 0.3) is 11.0 Å². The molecular weight excluding hydrogens is 486 g/mol. The molecule has 11 heteroatoms. The van der Waals surface area contributed by atoms with E-state index in [1.165, 1.54) is 10.9 Å². The number of nitrogens with two attached hydrogens (primary N) is 1. The first-order chi connectivity index (χ1) is 13.5. The van der Waals surface area contributed by atoms with Gasteiger partial charge in [-0.15, -0.1) is 0 Å². The standard InChI is InChI=1S/C17H20FIN4O5/c18-12-13(24)10(6-26-17(25)27-8-3-1-2-4-8)28-16(12)23-5-9(19)11-14(20)21-7-22-15(11)23/h5,7-8,10,12-13,16,24H,1-4,6H2,(H2,20,21,22)/t10-,12+,13-,16-/m1/s1. The van der Waals surface area contributed by atoms with Crippen LogP contribution in [0.15, 0.2) is 12.5 Å². The molecule has 2 aromatic rings. The third-order valence-electron chi connectivity index (χ3n) is 5.09. The van der Waals surface area contributed by atoms with Gasteiger partial charge in [0.2, 0.25) is 0 Å². The van der Waals surface area contributed by atoms with Crippen LogP contribution >= 0.6 is 22.6 Å². The van der Waals surface area contributed by atoms with Crippen molar-refractivity contribution in [1.29, 1.82) is 0 Å². The number of hydrogen-bond donors (Lipinski definition) is 2. The average Bonchev–Trinajstić information content (AvgIpc) is 3.35. The quantitative estimate of drug-likeness (QED) is 0.479. The molecule has 1 saturated heterocycles. The van der Waals surface area contributed by atoms with Crippen LogP contribution in [0.4, 0.5) is 15.0 Å². The Balaban J connectivity index is 1.45. The van der Waals surface area contributed by atoms with E-state index in [2.05, 4.69) is 9.97 Å². The van der Waals surface area contributed by atoms with Crippen molar-refractivity contribution in [2.45, 2.75) is 56.4 Å². The summed E-state index contributed by atoms with van der Waals surface area (Å²) in [6.45, 7) is -0.308. The van der Waals surface area contributed by atoms with Gasteiger partial charge in [0.15, 0.2) is 12.4 Å². The predicted molar refractivity (Wildman–Crippen MR) is 104 cm³/mol. The molecule has 1 aliphatic carbocycles. The zero-order valence-electron chi connectivity index (χ0n) is 14.8. The van der Waals surface area contributed by atoms with E-state index < -0.39 is 30.8 Å². The van der Waals surface area contributed by atoms with Crippen LogP contribution in [0.3, 0.4) is 0 Å². The lowest BCUT2D eigenvalue weighted by atomic mass is 10.1. The second-order valence-electron chi connectivity index (χ2n) is 6.93. The molecule has 4 atom stereocenters. The maximum absolute atomic E-state index is 14.8. The summed E-state index contributed by atoms with van der Waals surface area (Å²) in [5, 5.41) is 10.8. The van der Waals surface area contributed by atoms with Gasteiger partial charge in [0, 0.05) is 9.77 Å². The molecule has 4 rings (SSSR count). The second-order valence-corrected chi connectivity index (χ2v) is 8.09. The smallest absolute Gasteiger partial charge is 0.431 e. The molecule has 0 bridgehead atoms. The number of nitrogen functional groups attached to an aromatic ring is 1. The van der Waals surface area contributed by atoms with Gasteiger partial charge in [-0.2, -0.15) is 0 Å². The highest BCUT2D eigenvalue weighted by Crippen LogP contribution is 2.36. The van der Waals surface area contributed by atoms with Crippen molar-refractivity contribution >= 4 is 45.6 Å². The first-order valence-electron chi connectivity index (χ1n) is 9.03. The summed E-state index contributed by atoms with van der Waals surface area (Å²) in [5.74, 6) is 0.275. The van der Waals surface area contributed by atoms with Crippen molar-refractivity contribution in [1.82, 2.24) is 14.5 Å². The summed E-state index contributed by atoms with van der Waals surface area (Å²) in [4.78, 5) is 19.9. The predicted octanol–water partition coefficient (Wildman–Crippen LogP) is 2.31. The topological polar surface area (TPSA) is 122 Å². The van der Waals surface area contributed by atoms with Gasteiger partial charge in [0.1, 0.15) is 42.7 Å². The fourth-order valence-electron chi connectivity index (χ4n) is 3.65. The molecule has 2 aromatic heterocycles. The Morgan fingerprint density at radius 1 is 1.43 bits per heavy atom. The van der Waals surface area contributed by atoms with Crippen molar-refractivity contribution in [3.63, 3.8) is 0 Å². The Kier molecular flexibility index (Phi) is 5.56. The highest BCUT2D eigenvalue weighted by molar-refractivity contribution is 14.1. The van der Waals surface area contributed by atoms with Crippen LogP contribution < -0.4 is 5.73 Å². The summed E-state index contributed by atoms with van der Waals surface area (Å²) >= 11 is 2.05. The molecule has 2 aliphatic rings. The lowest BCUT2D eigenvalue weighted by Crippen LogP contribution is -2.32. The second kappa shape index (κ2) is 7.95. The van der Waals surface area contributed by atoms with Crippen molar-refractivity contribution in [3.05, 3.63) is 16.1 Å². The van der Waals surface area contributed by atoms with Crippen LogP contribution in [0.5, 0.6) is 0 Å². The lowest BCUT2D eigenvalue weighted by molar-refractivity contribution is -0.0621. The van der Waals surface area contributed by atoms with Crippen LogP contribution in [-0.4, -0.2) is 56.9 Å². The zero-order valence-corrected chi connectivity index (χ0v) is 17.0. The molecule has 28 heavy (non-hydrogen) atoms. The number of halogens is 2. The number of rotatable bonds is 4. The van der Waals surface area contributed by atoms with Crippen molar-refractivity contribution < 1.29 is 28.5 Å². The summed E-state index contributed by atoms with van der Waals surface area (Å²) < 4.78 is 32.8. The van der Waals surface area contributed by atoms with E-state index in [9.17, 15) is 14.3 Å². The molecule has 0 unspecified atom stereocenters. The van der Waals surface area contributed by atoms with Gasteiger partial charge in [0.05, 0.1) is 5.39 Å². The zero-order chi connectivity index (χ0) is 19.8. The van der Waals surface area contributed by atoms with Gasteiger partial charge < -0.3 is 29.6 Å². The number of aliphatic hydroxyl groups excluding tert-OH is 1. The SMILES string of the molecule is Nc1ncnc2c1c(I)cn2[C@@H]1O[C@H](COC(=O)OC2CCCC2)[C@@H](O)[C@@H]1F. The summed E-state index contributed by atoms with van der Waals surface area (Å²) in [6.07, 6.45) is 0.273. The summed E-state index contributed by atoms with van der Waals surface area (Å²) in [6, 6.07) is 0. The molecular formula is C17H20FIN4O5. The van der Waals surface area contributed by atoms with Crippen molar-refractivity contribution in [2.75, 3.05) is 12.3 Å². The monoisotopic (exact) mass is 506 g/mol. The molecule has 152 valence electrons. The Morgan fingerprint density at radius 3 is 2.93 bits per heavy atom. The van der Waals surface area contributed by atoms with E-state index in [1.807, 2.05) is 22.6 Å². The molecule has 9 nitrogen and oxygen atoms in total. The molecule has 3 heterocycles. The lowest BCUT2D eigenvalue weighted by Gasteiger charge is -2.17. The molecule has 3 N–H and O–H groups in total. The van der Waals surface area contributed by atoms with Gasteiger partial charge in [0.25, 0.3) is 0 Å². The number of aromatic nitrogens is 3. The number of carbonyl (C=O) groups is 1. The van der Waals surface area contributed by atoms with Crippen LogP contribution in [0.2, 0.25) is 0 Å². The molecule has 1 aliphatic heterocycles. The number of hydrogen-bond acceptors (Lipinski definition) is 8. The Morgan fingerprint density at radius 2 is 2.18 bits per heavy atom. The minimum absolute atomic E-state index is 0.137. The minimum Gasteiger partial charge on any atom is -0.431 e. The molecule has 1 saturated carbocycles. The maximum Gasteiger partial charge on any atom is 0.508 e. The highest BCUT2D eigenvalue weighted by Gasteiger charge is 2.46. The Labute approximate surface area is 173 Å². The van der Waals surface area contributed by atoms with Gasteiger partial charge in [-0.25, -0.2) is 19.2 Å². The first-order valence-corrected chi connectivity index (χ1v) is 10.1. The summed E-state index contributed by atoms with van der Waals surface area (Å²) in [7, 11) is 0. The van der Waals surface area contributed by atoms with Crippen LogP contribution in [0.1, 0.15) is 31.9 Å². The van der Waals surface area contributed by atoms with E-state index in [1.54, 1.807) is 6.20 Å². The Bertz CT molecular complexity index is 875. The van der Waals surface area contributed by atoms with E-state index in [0.717, 1.165) is 29.3 Å². The fraction of sp³-hybridized carbons (Fsp3) is 0.588.